The molecule has 0 aliphatic rings. The van der Waals surface area contributed by atoms with E-state index in [9.17, 15) is 31.1 Å². The van der Waals surface area contributed by atoms with Crippen LogP contribution in [0.25, 0.3) is 0 Å². The number of benzene rings is 1. The van der Waals surface area contributed by atoms with Gasteiger partial charge < -0.3 is 9.47 Å². The van der Waals surface area contributed by atoms with Gasteiger partial charge in [0.1, 0.15) is 10.8 Å². The Kier molecular flexibility index (Phi) is 5.25. The van der Waals surface area contributed by atoms with Gasteiger partial charge in [0, 0.05) is 5.56 Å². The second-order valence-electron chi connectivity index (χ2n) is 4.20. The van der Waals surface area contributed by atoms with E-state index in [1.54, 1.807) is 0 Å². The lowest BCUT2D eigenvalue weighted by Crippen LogP contribution is -2.56. The molecule has 0 saturated carbocycles. The summed E-state index contributed by atoms with van der Waals surface area (Å²) >= 11 is 5.05. The van der Waals surface area contributed by atoms with Crippen LogP contribution in [-0.2, 0) is 15.1 Å². The van der Waals surface area contributed by atoms with E-state index >= 15 is 0 Å². The second kappa shape index (κ2) is 6.31. The Balaban J connectivity index is 3.61. The van der Waals surface area contributed by atoms with E-state index in [-0.39, 0.29) is 5.75 Å². The van der Waals surface area contributed by atoms with E-state index < -0.39 is 34.5 Å². The Hall–Kier alpha value is -1.90. The maximum atomic E-state index is 13.3. The molecule has 1 rings (SSSR count). The standard InChI is InChI=1S/C13H9ClF6O3/c1-7(14)10(21)23-11(12(15,16)17,13(18,19)20)8-3-5-9(22-2)6-4-8/h3-6H,1H2,2H3. The monoisotopic (exact) mass is 362 g/mol. The van der Waals surface area contributed by atoms with E-state index in [1.165, 1.54) is 7.11 Å². The third-order valence-electron chi connectivity index (χ3n) is 2.76. The molecule has 0 N–H and O–H groups in total. The van der Waals surface area contributed by atoms with E-state index in [0.717, 1.165) is 12.1 Å². The van der Waals surface area contributed by atoms with Crippen LogP contribution in [-0.4, -0.2) is 25.4 Å². The Morgan fingerprint density at radius 2 is 1.48 bits per heavy atom. The molecule has 0 spiro atoms. The van der Waals surface area contributed by atoms with Crippen LogP contribution >= 0.6 is 11.6 Å². The molecule has 0 amide bonds. The zero-order valence-corrected chi connectivity index (χ0v) is 12.1. The molecule has 0 heterocycles. The van der Waals surface area contributed by atoms with Crippen LogP contribution in [0.5, 0.6) is 5.75 Å². The van der Waals surface area contributed by atoms with E-state index in [0.29, 0.717) is 12.1 Å². The van der Waals surface area contributed by atoms with Gasteiger partial charge in [0.05, 0.1) is 7.11 Å². The van der Waals surface area contributed by atoms with Crippen LogP contribution < -0.4 is 4.74 Å². The number of carbonyl (C=O) groups is 1. The molecule has 0 saturated heterocycles. The van der Waals surface area contributed by atoms with Crippen molar-refractivity contribution in [2.24, 2.45) is 0 Å². The first-order valence-corrected chi connectivity index (χ1v) is 6.10. The van der Waals surface area contributed by atoms with E-state index in [4.69, 9.17) is 11.6 Å². The number of esters is 1. The smallest absolute Gasteiger partial charge is 0.442 e. The van der Waals surface area contributed by atoms with Gasteiger partial charge in [-0.2, -0.15) is 26.3 Å². The number of hydrogen-bond donors (Lipinski definition) is 0. The summed E-state index contributed by atoms with van der Waals surface area (Å²) in [4.78, 5) is 11.3. The van der Waals surface area contributed by atoms with Crippen LogP contribution in [0.1, 0.15) is 5.56 Å². The Morgan fingerprint density at radius 3 is 1.78 bits per heavy atom. The number of ether oxygens (including phenoxy) is 2. The molecular formula is C13H9ClF6O3. The van der Waals surface area contributed by atoms with Gasteiger partial charge >= 0.3 is 23.9 Å². The number of carbonyl (C=O) groups excluding carboxylic acids is 1. The van der Waals surface area contributed by atoms with Crippen LogP contribution in [0.4, 0.5) is 26.3 Å². The lowest BCUT2D eigenvalue weighted by Gasteiger charge is -2.36. The van der Waals surface area contributed by atoms with Crippen LogP contribution in [0.3, 0.4) is 0 Å². The molecule has 0 aliphatic carbocycles. The lowest BCUT2D eigenvalue weighted by molar-refractivity contribution is -0.376. The Bertz CT molecular complexity index is 577. The Morgan fingerprint density at radius 1 is 1.04 bits per heavy atom. The van der Waals surface area contributed by atoms with Crippen molar-refractivity contribution in [3.05, 3.63) is 41.4 Å². The molecule has 128 valence electrons. The first-order chi connectivity index (χ1) is 10.4. The lowest BCUT2D eigenvalue weighted by atomic mass is 9.91. The predicted molar refractivity (Wildman–Crippen MR) is 67.9 cm³/mol. The summed E-state index contributed by atoms with van der Waals surface area (Å²) in [6, 6.07) is 2.71. The second-order valence-corrected chi connectivity index (χ2v) is 4.66. The number of halogens is 7. The molecule has 23 heavy (non-hydrogen) atoms. The minimum Gasteiger partial charge on any atom is -0.497 e. The minimum atomic E-state index is -6.00. The molecule has 0 bridgehead atoms. The van der Waals surface area contributed by atoms with Gasteiger partial charge in [0.15, 0.2) is 0 Å². The minimum absolute atomic E-state index is 0.0140. The summed E-state index contributed by atoms with van der Waals surface area (Å²) in [7, 11) is 1.17. The average Bonchev–Trinajstić information content (AvgIpc) is 2.41. The van der Waals surface area contributed by atoms with Gasteiger partial charge in [-0.3, -0.25) is 0 Å². The molecule has 0 radical (unpaired) electrons. The van der Waals surface area contributed by atoms with Gasteiger partial charge in [-0.1, -0.05) is 30.3 Å². The van der Waals surface area contributed by atoms with Gasteiger partial charge in [-0.15, -0.1) is 0 Å². The van der Waals surface area contributed by atoms with E-state index in [2.05, 4.69) is 16.1 Å². The summed E-state index contributed by atoms with van der Waals surface area (Å²) in [5.41, 5.74) is -6.24. The van der Waals surface area contributed by atoms with Crippen molar-refractivity contribution in [1.29, 1.82) is 0 Å². The molecular weight excluding hydrogens is 354 g/mol. The van der Waals surface area contributed by atoms with Crippen molar-refractivity contribution in [2.75, 3.05) is 7.11 Å². The normalized spacial score (nSPS) is 12.7. The highest BCUT2D eigenvalue weighted by Crippen LogP contribution is 2.53. The van der Waals surface area contributed by atoms with Crippen LogP contribution in [0.2, 0.25) is 0 Å². The van der Waals surface area contributed by atoms with Crippen molar-refractivity contribution < 1.29 is 40.6 Å². The number of rotatable bonds is 4. The van der Waals surface area contributed by atoms with Crippen LogP contribution in [0, 0.1) is 0 Å². The number of alkyl halides is 6. The fraction of sp³-hybridized carbons (Fsp3) is 0.308. The van der Waals surface area contributed by atoms with Crippen molar-refractivity contribution >= 4 is 17.6 Å². The largest absolute Gasteiger partial charge is 0.497 e. The zero-order chi connectivity index (χ0) is 18.1. The maximum absolute atomic E-state index is 13.3. The molecule has 1 aromatic rings. The maximum Gasteiger partial charge on any atom is 0.442 e. The molecule has 0 aromatic heterocycles. The molecule has 0 unspecified atom stereocenters. The van der Waals surface area contributed by atoms with Crippen molar-refractivity contribution in [3.8, 4) is 5.75 Å². The quantitative estimate of drug-likeness (QED) is 0.455. The molecule has 0 fully saturated rings. The molecule has 3 nitrogen and oxygen atoms in total. The fourth-order valence-electron chi connectivity index (χ4n) is 1.68. The van der Waals surface area contributed by atoms with Crippen LogP contribution in [0.15, 0.2) is 35.9 Å². The summed E-state index contributed by atoms with van der Waals surface area (Å²) < 4.78 is 88.0. The average molecular weight is 363 g/mol. The van der Waals surface area contributed by atoms with E-state index in [1.807, 2.05) is 0 Å². The zero-order valence-electron chi connectivity index (χ0n) is 11.4. The molecule has 10 heteroatoms. The molecule has 0 atom stereocenters. The number of methoxy groups -OCH3 is 1. The summed E-state index contributed by atoms with van der Waals surface area (Å²) in [5.74, 6) is -2.03. The number of hydrogen-bond acceptors (Lipinski definition) is 3. The SMILES string of the molecule is C=C(Cl)C(=O)OC(c1ccc(OC)cc1)(C(F)(F)F)C(F)(F)F. The summed E-state index contributed by atoms with van der Waals surface area (Å²) in [6.45, 7) is 2.76. The highest BCUT2D eigenvalue weighted by Gasteiger charge is 2.75. The third-order valence-corrected chi connectivity index (χ3v) is 2.92. The first-order valence-electron chi connectivity index (χ1n) is 5.72. The summed E-state index contributed by atoms with van der Waals surface area (Å²) in [5, 5.41) is -1.13. The summed E-state index contributed by atoms with van der Waals surface area (Å²) in [6.07, 6.45) is -12.0. The van der Waals surface area contributed by atoms with Gasteiger partial charge in [-0.25, -0.2) is 4.79 Å². The highest BCUT2D eigenvalue weighted by atomic mass is 35.5. The van der Waals surface area contributed by atoms with Crippen molar-refractivity contribution in [3.63, 3.8) is 0 Å². The van der Waals surface area contributed by atoms with Gasteiger partial charge in [-0.05, 0) is 12.1 Å². The van der Waals surface area contributed by atoms with Gasteiger partial charge in [0.2, 0.25) is 0 Å². The van der Waals surface area contributed by atoms with Crippen molar-refractivity contribution in [1.82, 2.24) is 0 Å². The fourth-order valence-corrected chi connectivity index (χ4v) is 1.72. The Labute approximate surface area is 131 Å². The third kappa shape index (κ3) is 3.54. The molecule has 0 aliphatic heterocycles. The highest BCUT2D eigenvalue weighted by molar-refractivity contribution is 6.40. The predicted octanol–water partition coefficient (Wildman–Crippen LogP) is 4.31. The first kappa shape index (κ1) is 19.1. The van der Waals surface area contributed by atoms with Crippen molar-refractivity contribution in [2.45, 2.75) is 18.0 Å². The molecule has 1 aromatic carbocycles. The van der Waals surface area contributed by atoms with Gasteiger partial charge in [0.25, 0.3) is 0 Å². The topological polar surface area (TPSA) is 35.5 Å².